The summed E-state index contributed by atoms with van der Waals surface area (Å²) < 4.78 is 6.17. The monoisotopic (exact) mass is 345 g/mol. The quantitative estimate of drug-likeness (QED) is 0.874. The molecule has 1 amide bonds. The van der Waals surface area contributed by atoms with Gasteiger partial charge in [0.15, 0.2) is 0 Å². The molecule has 0 bridgehead atoms. The van der Waals surface area contributed by atoms with E-state index in [-0.39, 0.29) is 24.2 Å². The van der Waals surface area contributed by atoms with Crippen LogP contribution in [-0.2, 0) is 9.53 Å². The van der Waals surface area contributed by atoms with Gasteiger partial charge in [0.2, 0.25) is 11.9 Å². The molecule has 7 heteroatoms. The van der Waals surface area contributed by atoms with Crippen LogP contribution in [0.5, 0.6) is 0 Å². The van der Waals surface area contributed by atoms with Crippen molar-refractivity contribution in [1.82, 2.24) is 20.2 Å². The molecular formula is C18H27N5O2. The Morgan fingerprint density at radius 1 is 1.12 bits per heavy atom. The number of carbonyl (C=O) groups is 1. The molecule has 0 spiro atoms. The Morgan fingerprint density at radius 3 is 2.64 bits per heavy atom. The molecule has 3 saturated heterocycles. The zero-order valence-corrected chi connectivity index (χ0v) is 14.8. The number of aromatic nitrogens is 2. The van der Waals surface area contributed by atoms with Gasteiger partial charge in [-0.25, -0.2) is 9.97 Å². The van der Waals surface area contributed by atoms with Crippen molar-refractivity contribution in [1.29, 1.82) is 0 Å². The van der Waals surface area contributed by atoms with Crippen LogP contribution in [0.15, 0.2) is 18.5 Å². The van der Waals surface area contributed by atoms with Gasteiger partial charge in [0.05, 0.1) is 12.1 Å². The molecule has 3 aliphatic heterocycles. The van der Waals surface area contributed by atoms with Gasteiger partial charge in [-0.3, -0.25) is 4.79 Å². The van der Waals surface area contributed by atoms with Crippen molar-refractivity contribution >= 4 is 11.9 Å². The number of ether oxygens (including phenoxy) is 1. The fourth-order valence-electron chi connectivity index (χ4n) is 4.25. The van der Waals surface area contributed by atoms with Crippen LogP contribution in [-0.4, -0.2) is 71.7 Å². The third-order valence-corrected chi connectivity index (χ3v) is 5.71. The molecule has 7 nitrogen and oxygen atoms in total. The van der Waals surface area contributed by atoms with Crippen LogP contribution in [0, 0.1) is 0 Å². The van der Waals surface area contributed by atoms with Crippen LogP contribution < -0.4 is 10.2 Å². The molecule has 0 saturated carbocycles. The van der Waals surface area contributed by atoms with Crippen molar-refractivity contribution < 1.29 is 9.53 Å². The first-order valence-corrected chi connectivity index (χ1v) is 9.39. The molecule has 4 heterocycles. The van der Waals surface area contributed by atoms with Gasteiger partial charge in [-0.1, -0.05) is 0 Å². The number of fused-ring (bicyclic) bond motifs is 1. The first kappa shape index (κ1) is 16.7. The molecule has 0 radical (unpaired) electrons. The molecule has 136 valence electrons. The van der Waals surface area contributed by atoms with Crippen LogP contribution in [0.25, 0.3) is 0 Å². The highest BCUT2D eigenvalue weighted by Gasteiger charge is 2.42. The Labute approximate surface area is 148 Å². The second kappa shape index (κ2) is 7.25. The zero-order valence-electron chi connectivity index (χ0n) is 14.8. The van der Waals surface area contributed by atoms with Gasteiger partial charge in [-0.2, -0.15) is 0 Å². The highest BCUT2D eigenvalue weighted by Crippen LogP contribution is 2.33. The Morgan fingerprint density at radius 2 is 1.88 bits per heavy atom. The molecule has 25 heavy (non-hydrogen) atoms. The maximum atomic E-state index is 12.6. The minimum atomic E-state index is -0.308. The Balaban J connectivity index is 1.32. The predicted octanol–water partition coefficient (Wildman–Crippen LogP) is 0.813. The summed E-state index contributed by atoms with van der Waals surface area (Å²) in [5.74, 6) is 0.843. The standard InChI is InChI=1S/C18H27N5O2/c1-22-10-5-13(6-11-22)21-17(24)16-4-3-14-15(25-16)7-12-23(14)18-19-8-2-9-20-18/h2,8-9,13-16H,3-7,10-12H2,1H3,(H,21,24)/t14-,15-,16-/m1/s1. The van der Waals surface area contributed by atoms with E-state index in [0.29, 0.717) is 6.04 Å². The molecule has 3 fully saturated rings. The lowest BCUT2D eigenvalue weighted by molar-refractivity contribution is -0.142. The molecule has 0 aromatic carbocycles. The fraction of sp³-hybridized carbons (Fsp3) is 0.722. The number of nitrogens with one attached hydrogen (secondary N) is 1. The van der Waals surface area contributed by atoms with E-state index < -0.39 is 0 Å². The fourth-order valence-corrected chi connectivity index (χ4v) is 4.25. The number of likely N-dealkylation sites (tertiary alicyclic amines) is 1. The summed E-state index contributed by atoms with van der Waals surface area (Å²) in [6.07, 6.45) is 8.05. The molecular weight excluding hydrogens is 318 g/mol. The van der Waals surface area contributed by atoms with E-state index in [1.807, 2.05) is 6.07 Å². The van der Waals surface area contributed by atoms with Crippen molar-refractivity contribution in [3.63, 3.8) is 0 Å². The van der Waals surface area contributed by atoms with Gasteiger partial charge in [-0.05, 0) is 58.3 Å². The number of anilines is 1. The Bertz CT molecular complexity index is 590. The van der Waals surface area contributed by atoms with E-state index in [1.165, 1.54) is 0 Å². The molecule has 0 aliphatic carbocycles. The maximum absolute atomic E-state index is 12.6. The van der Waals surface area contributed by atoms with Gasteiger partial charge in [0.1, 0.15) is 6.10 Å². The summed E-state index contributed by atoms with van der Waals surface area (Å²) in [4.78, 5) is 25.9. The number of nitrogens with zero attached hydrogens (tertiary/aromatic N) is 4. The minimum Gasteiger partial charge on any atom is -0.363 e. The number of amides is 1. The molecule has 1 aromatic heterocycles. The van der Waals surface area contributed by atoms with Crippen LogP contribution in [0.2, 0.25) is 0 Å². The summed E-state index contributed by atoms with van der Waals surface area (Å²) in [7, 11) is 2.13. The number of piperidine rings is 1. The zero-order chi connectivity index (χ0) is 17.2. The lowest BCUT2D eigenvalue weighted by Crippen LogP contribution is -2.51. The lowest BCUT2D eigenvalue weighted by Gasteiger charge is -2.36. The van der Waals surface area contributed by atoms with E-state index in [9.17, 15) is 4.79 Å². The Kier molecular flexibility index (Phi) is 4.85. The summed E-state index contributed by atoms with van der Waals surface area (Å²) in [5.41, 5.74) is 0. The minimum absolute atomic E-state index is 0.0717. The van der Waals surface area contributed by atoms with E-state index >= 15 is 0 Å². The SMILES string of the molecule is CN1CCC(NC(=O)[C@H]2CC[C@@H]3[C@@H](CCN3c3ncccn3)O2)CC1. The topological polar surface area (TPSA) is 70.6 Å². The van der Waals surface area contributed by atoms with Crippen molar-refractivity contribution in [2.45, 2.75) is 56.4 Å². The summed E-state index contributed by atoms with van der Waals surface area (Å²) >= 11 is 0. The predicted molar refractivity (Wildman–Crippen MR) is 94.3 cm³/mol. The van der Waals surface area contributed by atoms with Crippen LogP contribution >= 0.6 is 0 Å². The van der Waals surface area contributed by atoms with Gasteiger partial charge in [0, 0.05) is 25.0 Å². The number of carbonyl (C=O) groups excluding carboxylic acids is 1. The highest BCUT2D eigenvalue weighted by atomic mass is 16.5. The molecule has 1 aromatic rings. The van der Waals surface area contributed by atoms with E-state index in [4.69, 9.17) is 4.74 Å². The van der Waals surface area contributed by atoms with E-state index in [2.05, 4.69) is 32.1 Å². The van der Waals surface area contributed by atoms with E-state index in [1.54, 1.807) is 12.4 Å². The largest absolute Gasteiger partial charge is 0.363 e. The molecule has 1 N–H and O–H groups in total. The number of hydrogen-bond donors (Lipinski definition) is 1. The van der Waals surface area contributed by atoms with Crippen molar-refractivity contribution in [2.24, 2.45) is 0 Å². The van der Waals surface area contributed by atoms with E-state index in [0.717, 1.165) is 57.7 Å². The number of rotatable bonds is 3. The van der Waals surface area contributed by atoms with Crippen molar-refractivity contribution in [3.05, 3.63) is 18.5 Å². The van der Waals surface area contributed by atoms with Gasteiger partial charge >= 0.3 is 0 Å². The number of hydrogen-bond acceptors (Lipinski definition) is 6. The smallest absolute Gasteiger partial charge is 0.249 e. The molecule has 0 unspecified atom stereocenters. The normalized spacial score (nSPS) is 30.9. The van der Waals surface area contributed by atoms with Gasteiger partial charge < -0.3 is 19.9 Å². The van der Waals surface area contributed by atoms with Crippen LogP contribution in [0.3, 0.4) is 0 Å². The highest BCUT2D eigenvalue weighted by molar-refractivity contribution is 5.81. The molecule has 4 rings (SSSR count). The summed E-state index contributed by atoms with van der Waals surface area (Å²) in [6.45, 7) is 2.99. The average molecular weight is 345 g/mol. The van der Waals surface area contributed by atoms with Crippen LogP contribution in [0.1, 0.15) is 32.1 Å². The van der Waals surface area contributed by atoms with Gasteiger partial charge in [0.25, 0.3) is 0 Å². The van der Waals surface area contributed by atoms with Crippen molar-refractivity contribution in [3.8, 4) is 0 Å². The second-order valence-electron chi connectivity index (χ2n) is 7.42. The maximum Gasteiger partial charge on any atom is 0.249 e. The van der Waals surface area contributed by atoms with Crippen molar-refractivity contribution in [2.75, 3.05) is 31.6 Å². The third-order valence-electron chi connectivity index (χ3n) is 5.71. The summed E-state index contributed by atoms with van der Waals surface area (Å²) in [5, 5.41) is 3.20. The average Bonchev–Trinajstić information content (AvgIpc) is 3.07. The molecule has 3 aliphatic rings. The second-order valence-corrected chi connectivity index (χ2v) is 7.42. The van der Waals surface area contributed by atoms with Crippen LogP contribution in [0.4, 0.5) is 5.95 Å². The molecule has 3 atom stereocenters. The van der Waals surface area contributed by atoms with Gasteiger partial charge in [-0.15, -0.1) is 0 Å². The Hall–Kier alpha value is -1.73. The summed E-state index contributed by atoms with van der Waals surface area (Å²) in [6, 6.07) is 2.41. The first-order chi connectivity index (χ1) is 12.2. The third kappa shape index (κ3) is 3.62. The first-order valence-electron chi connectivity index (χ1n) is 9.39. The lowest BCUT2D eigenvalue weighted by atomic mass is 9.98.